The Balaban J connectivity index is 2.05. The molecule has 0 unspecified atom stereocenters. The molecule has 0 aromatic heterocycles. The predicted octanol–water partition coefficient (Wildman–Crippen LogP) is 2.82. The lowest BCUT2D eigenvalue weighted by molar-refractivity contribution is -0.118. The van der Waals surface area contributed by atoms with Gasteiger partial charge in [-0.3, -0.25) is 9.52 Å². The molecular formula is C16H17ClN2O3S. The first-order valence-corrected chi connectivity index (χ1v) is 8.85. The lowest BCUT2D eigenvalue weighted by Crippen LogP contribution is -2.22. The molecule has 122 valence electrons. The molecule has 2 aromatic rings. The van der Waals surface area contributed by atoms with Gasteiger partial charge in [-0.25, -0.2) is 8.42 Å². The van der Waals surface area contributed by atoms with E-state index in [1.54, 1.807) is 48.5 Å². The molecule has 2 aromatic carbocycles. The van der Waals surface area contributed by atoms with Gasteiger partial charge in [0.1, 0.15) is 0 Å². The zero-order chi connectivity index (χ0) is 16.9. The Morgan fingerprint density at radius 3 is 2.22 bits per heavy atom. The van der Waals surface area contributed by atoms with E-state index in [1.165, 1.54) is 6.92 Å². The van der Waals surface area contributed by atoms with E-state index in [9.17, 15) is 13.2 Å². The standard InChI is InChI=1S/C16H17ClN2O3S/c1-12(20)18-11-10-13-2-8-16(9-3-13)23(21,22)19-15-6-4-14(17)5-7-15/h2-9,19H,10-11H2,1H3,(H,18,20). The molecule has 0 heterocycles. The highest BCUT2D eigenvalue weighted by Gasteiger charge is 2.13. The summed E-state index contributed by atoms with van der Waals surface area (Å²) in [5.41, 5.74) is 1.40. The van der Waals surface area contributed by atoms with Crippen LogP contribution in [0.2, 0.25) is 5.02 Å². The maximum atomic E-state index is 12.3. The molecule has 0 saturated carbocycles. The van der Waals surface area contributed by atoms with Gasteiger partial charge >= 0.3 is 0 Å². The van der Waals surface area contributed by atoms with Crippen molar-refractivity contribution in [1.82, 2.24) is 5.32 Å². The summed E-state index contributed by atoms with van der Waals surface area (Å²) < 4.78 is 27.1. The Morgan fingerprint density at radius 2 is 1.65 bits per heavy atom. The van der Waals surface area contributed by atoms with Crippen LogP contribution in [-0.2, 0) is 21.2 Å². The Morgan fingerprint density at radius 1 is 1.04 bits per heavy atom. The minimum absolute atomic E-state index is 0.0867. The van der Waals surface area contributed by atoms with E-state index in [4.69, 9.17) is 11.6 Å². The lowest BCUT2D eigenvalue weighted by atomic mass is 10.1. The Labute approximate surface area is 140 Å². The number of hydrogen-bond donors (Lipinski definition) is 2. The second kappa shape index (κ2) is 7.48. The second-order valence-corrected chi connectivity index (χ2v) is 7.11. The lowest BCUT2D eigenvalue weighted by Gasteiger charge is -2.09. The molecule has 0 saturated heterocycles. The monoisotopic (exact) mass is 352 g/mol. The fourth-order valence-electron chi connectivity index (χ4n) is 1.95. The molecule has 23 heavy (non-hydrogen) atoms. The van der Waals surface area contributed by atoms with Crippen LogP contribution in [0.25, 0.3) is 0 Å². The first-order valence-electron chi connectivity index (χ1n) is 6.98. The highest BCUT2D eigenvalue weighted by Crippen LogP contribution is 2.18. The molecule has 1 amide bonds. The van der Waals surface area contributed by atoms with E-state index < -0.39 is 10.0 Å². The zero-order valence-electron chi connectivity index (χ0n) is 12.5. The third-order valence-electron chi connectivity index (χ3n) is 3.12. The Bertz CT molecular complexity index is 772. The van der Waals surface area contributed by atoms with Crippen LogP contribution >= 0.6 is 11.6 Å². The molecular weight excluding hydrogens is 336 g/mol. The second-order valence-electron chi connectivity index (χ2n) is 4.99. The fourth-order valence-corrected chi connectivity index (χ4v) is 3.13. The summed E-state index contributed by atoms with van der Waals surface area (Å²) in [7, 11) is -3.64. The van der Waals surface area contributed by atoms with Gasteiger partial charge in [0, 0.05) is 24.2 Å². The van der Waals surface area contributed by atoms with E-state index in [2.05, 4.69) is 10.0 Å². The van der Waals surface area contributed by atoms with Gasteiger partial charge < -0.3 is 5.32 Å². The first-order chi connectivity index (χ1) is 10.9. The minimum Gasteiger partial charge on any atom is -0.356 e. The minimum atomic E-state index is -3.64. The number of rotatable bonds is 6. The molecule has 2 rings (SSSR count). The molecule has 0 radical (unpaired) electrons. The predicted molar refractivity (Wildman–Crippen MR) is 91.1 cm³/mol. The van der Waals surface area contributed by atoms with Gasteiger partial charge in [-0.15, -0.1) is 0 Å². The zero-order valence-corrected chi connectivity index (χ0v) is 14.1. The van der Waals surface area contributed by atoms with Crippen LogP contribution < -0.4 is 10.0 Å². The van der Waals surface area contributed by atoms with Crippen molar-refractivity contribution in [2.45, 2.75) is 18.2 Å². The summed E-state index contributed by atoms with van der Waals surface area (Å²) in [5, 5.41) is 3.23. The number of anilines is 1. The summed E-state index contributed by atoms with van der Waals surface area (Å²) in [6.07, 6.45) is 0.643. The number of sulfonamides is 1. The molecule has 0 atom stereocenters. The molecule has 0 aliphatic carbocycles. The van der Waals surface area contributed by atoms with Gasteiger partial charge in [-0.2, -0.15) is 0 Å². The summed E-state index contributed by atoms with van der Waals surface area (Å²) in [6, 6.07) is 13.0. The molecule has 0 bridgehead atoms. The first kappa shape index (κ1) is 17.3. The molecule has 2 N–H and O–H groups in total. The van der Waals surface area contributed by atoms with Crippen molar-refractivity contribution >= 4 is 33.2 Å². The van der Waals surface area contributed by atoms with Crippen LogP contribution in [0.1, 0.15) is 12.5 Å². The van der Waals surface area contributed by atoms with Gasteiger partial charge in [-0.1, -0.05) is 23.7 Å². The van der Waals surface area contributed by atoms with Crippen LogP contribution in [-0.4, -0.2) is 20.9 Å². The van der Waals surface area contributed by atoms with Gasteiger partial charge in [0.05, 0.1) is 4.90 Å². The van der Waals surface area contributed by atoms with E-state index >= 15 is 0 Å². The summed E-state index contributed by atoms with van der Waals surface area (Å²) in [5.74, 6) is -0.0867. The number of hydrogen-bond acceptors (Lipinski definition) is 3. The summed E-state index contributed by atoms with van der Waals surface area (Å²) >= 11 is 5.78. The average molecular weight is 353 g/mol. The largest absolute Gasteiger partial charge is 0.356 e. The molecule has 5 nitrogen and oxygen atoms in total. The van der Waals surface area contributed by atoms with Crippen LogP contribution in [0, 0.1) is 0 Å². The highest BCUT2D eigenvalue weighted by molar-refractivity contribution is 7.92. The van der Waals surface area contributed by atoms with E-state index in [1.807, 2.05) is 0 Å². The van der Waals surface area contributed by atoms with Gasteiger partial charge in [0.15, 0.2) is 0 Å². The maximum Gasteiger partial charge on any atom is 0.261 e. The fraction of sp³-hybridized carbons (Fsp3) is 0.188. The van der Waals surface area contributed by atoms with Gasteiger partial charge in [0.2, 0.25) is 5.91 Å². The van der Waals surface area contributed by atoms with Gasteiger partial charge in [0.25, 0.3) is 10.0 Å². The number of carbonyl (C=O) groups is 1. The van der Waals surface area contributed by atoms with Crippen molar-refractivity contribution in [2.24, 2.45) is 0 Å². The average Bonchev–Trinajstić information content (AvgIpc) is 2.50. The van der Waals surface area contributed by atoms with Crippen LogP contribution in [0.15, 0.2) is 53.4 Å². The molecule has 7 heteroatoms. The van der Waals surface area contributed by atoms with Crippen molar-refractivity contribution in [3.05, 3.63) is 59.1 Å². The Kier molecular flexibility index (Phi) is 5.63. The van der Waals surface area contributed by atoms with Gasteiger partial charge in [-0.05, 0) is 48.4 Å². The smallest absolute Gasteiger partial charge is 0.261 e. The molecule has 0 aliphatic heterocycles. The highest BCUT2D eigenvalue weighted by atomic mass is 35.5. The van der Waals surface area contributed by atoms with Crippen molar-refractivity contribution in [3.63, 3.8) is 0 Å². The summed E-state index contributed by atoms with van der Waals surface area (Å²) in [6.45, 7) is 1.97. The van der Waals surface area contributed by atoms with E-state index in [0.29, 0.717) is 23.7 Å². The third kappa shape index (κ3) is 5.26. The van der Waals surface area contributed by atoms with Crippen LogP contribution in [0.4, 0.5) is 5.69 Å². The van der Waals surface area contributed by atoms with E-state index in [0.717, 1.165) is 5.56 Å². The molecule has 0 aliphatic rings. The van der Waals surface area contributed by atoms with Crippen molar-refractivity contribution < 1.29 is 13.2 Å². The van der Waals surface area contributed by atoms with Crippen molar-refractivity contribution in [3.8, 4) is 0 Å². The number of halogens is 1. The van der Waals surface area contributed by atoms with E-state index in [-0.39, 0.29) is 10.8 Å². The number of benzene rings is 2. The number of nitrogens with one attached hydrogen (secondary N) is 2. The topological polar surface area (TPSA) is 75.3 Å². The SMILES string of the molecule is CC(=O)NCCc1ccc(S(=O)(=O)Nc2ccc(Cl)cc2)cc1. The molecule has 0 fully saturated rings. The summed E-state index contributed by atoms with van der Waals surface area (Å²) in [4.78, 5) is 11.0. The maximum absolute atomic E-state index is 12.3. The van der Waals surface area contributed by atoms with Crippen LogP contribution in [0.3, 0.4) is 0 Å². The molecule has 0 spiro atoms. The van der Waals surface area contributed by atoms with Crippen molar-refractivity contribution in [1.29, 1.82) is 0 Å². The third-order valence-corrected chi connectivity index (χ3v) is 4.77. The van der Waals surface area contributed by atoms with Crippen molar-refractivity contribution in [2.75, 3.05) is 11.3 Å². The normalized spacial score (nSPS) is 11.0. The Hall–Kier alpha value is -2.05. The quantitative estimate of drug-likeness (QED) is 0.839. The number of amides is 1. The van der Waals surface area contributed by atoms with Crippen LogP contribution in [0.5, 0.6) is 0 Å². The number of carbonyl (C=O) groups excluding carboxylic acids is 1.